The summed E-state index contributed by atoms with van der Waals surface area (Å²) in [5.74, 6) is -6.06. The van der Waals surface area contributed by atoms with E-state index in [1.807, 2.05) is 20.8 Å². The number of nitrogens with zero attached hydrogens (tertiary/aromatic N) is 1. The summed E-state index contributed by atoms with van der Waals surface area (Å²) in [5.41, 5.74) is -1.90. The van der Waals surface area contributed by atoms with Crippen molar-refractivity contribution in [3.8, 4) is 0 Å². The van der Waals surface area contributed by atoms with Gasteiger partial charge in [0.2, 0.25) is 17.7 Å². The Kier molecular flexibility index (Phi) is 53.4. The van der Waals surface area contributed by atoms with Gasteiger partial charge in [0, 0.05) is 89.7 Å². The van der Waals surface area contributed by atoms with E-state index in [0.29, 0.717) is 25.7 Å². The quantitative estimate of drug-likeness (QED) is 0.00901. The minimum Gasteiger partial charge on any atom is -0.410 e. The van der Waals surface area contributed by atoms with Crippen LogP contribution in [-0.2, 0) is 128 Å². The lowest BCUT2D eigenvalue weighted by Gasteiger charge is -2.44. The molecule has 686 valence electrons. The Balaban J connectivity index is 1.30. The number of rotatable bonds is 67. The molecule has 118 heavy (non-hydrogen) atoms. The largest absolute Gasteiger partial charge is 0.410 e. The Morgan fingerprint density at radius 2 is 0.890 bits per heavy atom. The number of carbonyl (C=O) groups excluding carboxylic acids is 7. The number of aliphatic hydroxyl groups excluding tert-OH is 10. The SMILES string of the molecule is CC(=O)N[C@H]1C(O)C[C@@](OC=O)(OCC(C)(C)C)OC1C=NOCC(=O)NCCCCOCC(=O)NC(COCCC(=O)CCCOCCOCCO[C@H]1OC(CO)[C@@H](O)C(O)[C@H]1C)(COCCC(=O)CCCOCCOCCO[C@H]1OC(CO)[C@@H](O)C(O)[C@H]1C)COCCC(=O)NCCOCCOCCO[C@H]1OC(CO)[C@@H](O)C(O)[C@H]1C. The lowest BCUT2D eigenvalue weighted by Crippen LogP contribution is -2.63. The molecule has 0 aromatic heterocycles. The maximum absolute atomic E-state index is 13.9. The van der Waals surface area contributed by atoms with Gasteiger partial charge in [-0.3, -0.25) is 33.6 Å². The van der Waals surface area contributed by atoms with Crippen LogP contribution in [-0.4, -0.2) is 401 Å². The molecule has 4 amide bonds. The van der Waals surface area contributed by atoms with Gasteiger partial charge in [0.15, 0.2) is 25.5 Å². The van der Waals surface area contributed by atoms with Crippen LogP contribution >= 0.6 is 0 Å². The molecule has 42 heteroatoms. The first-order valence-electron chi connectivity index (χ1n) is 40.4. The molecule has 4 fully saturated rings. The van der Waals surface area contributed by atoms with Gasteiger partial charge >= 0.3 is 5.97 Å². The van der Waals surface area contributed by atoms with E-state index in [1.54, 1.807) is 20.8 Å². The fraction of sp³-hybridized carbons (Fsp3) is 0.895. The summed E-state index contributed by atoms with van der Waals surface area (Å²) >= 11 is 0. The second kappa shape index (κ2) is 59.8. The molecule has 4 heterocycles. The maximum Gasteiger partial charge on any atom is 0.332 e. The lowest BCUT2D eigenvalue weighted by atomic mass is 9.92. The number of Topliss-reactive ketones (excluding diaryl/α,β-unsaturated/α-hetero) is 2. The Morgan fingerprint density at radius 3 is 1.33 bits per heavy atom. The van der Waals surface area contributed by atoms with Gasteiger partial charge in [-0.05, 0) is 31.1 Å². The third kappa shape index (κ3) is 41.9. The van der Waals surface area contributed by atoms with E-state index in [9.17, 15) is 84.6 Å². The number of hydrogen-bond acceptors (Lipinski definition) is 38. The van der Waals surface area contributed by atoms with Crippen LogP contribution in [0.25, 0.3) is 0 Å². The van der Waals surface area contributed by atoms with Crippen molar-refractivity contribution in [1.82, 2.24) is 21.3 Å². The minimum absolute atomic E-state index is 0.0213. The smallest absolute Gasteiger partial charge is 0.332 e. The number of ketones is 2. The van der Waals surface area contributed by atoms with Crippen molar-refractivity contribution in [2.24, 2.45) is 28.3 Å². The highest BCUT2D eigenvalue weighted by Crippen LogP contribution is 2.34. The molecular weight excluding hydrogens is 1570 g/mol. The van der Waals surface area contributed by atoms with Gasteiger partial charge in [0.25, 0.3) is 12.4 Å². The van der Waals surface area contributed by atoms with Crippen molar-refractivity contribution < 1.29 is 179 Å². The summed E-state index contributed by atoms with van der Waals surface area (Å²) in [7, 11) is 0. The van der Waals surface area contributed by atoms with Gasteiger partial charge < -0.3 is 167 Å². The van der Waals surface area contributed by atoms with E-state index in [-0.39, 0.29) is 228 Å². The zero-order valence-corrected chi connectivity index (χ0v) is 69.3. The summed E-state index contributed by atoms with van der Waals surface area (Å²) < 4.78 is 108. The van der Waals surface area contributed by atoms with Gasteiger partial charge in [-0.15, -0.1) is 0 Å². The Labute approximate surface area is 688 Å². The number of amides is 4. The number of nitrogens with one attached hydrogen (secondary N) is 4. The highest BCUT2D eigenvalue weighted by atomic mass is 16.9. The van der Waals surface area contributed by atoms with Gasteiger partial charge in [0.1, 0.15) is 66.4 Å². The van der Waals surface area contributed by atoms with Crippen molar-refractivity contribution in [2.45, 2.75) is 216 Å². The van der Waals surface area contributed by atoms with Gasteiger partial charge in [0.05, 0.1) is 195 Å². The third-order valence-electron chi connectivity index (χ3n) is 18.9. The second-order valence-electron chi connectivity index (χ2n) is 30.3. The normalized spacial score (nSPS) is 27.9. The molecule has 4 rings (SSSR count). The van der Waals surface area contributed by atoms with E-state index in [1.165, 1.54) is 6.92 Å². The molecule has 4 aliphatic rings. The van der Waals surface area contributed by atoms with Crippen LogP contribution in [0.5, 0.6) is 0 Å². The fourth-order valence-electron chi connectivity index (χ4n) is 12.2. The van der Waals surface area contributed by atoms with Crippen LogP contribution in [0, 0.1) is 23.2 Å². The predicted octanol–water partition coefficient (Wildman–Crippen LogP) is -4.29. The number of unbranched alkanes of at least 4 members (excludes halogenated alkanes) is 1. The zero-order valence-electron chi connectivity index (χ0n) is 69.3. The van der Waals surface area contributed by atoms with Crippen molar-refractivity contribution in [3.63, 3.8) is 0 Å². The second-order valence-corrected chi connectivity index (χ2v) is 30.3. The van der Waals surface area contributed by atoms with Crippen LogP contribution < -0.4 is 21.3 Å². The Hall–Kier alpha value is -4.96. The summed E-state index contributed by atoms with van der Waals surface area (Å²) in [4.78, 5) is 94.8. The monoisotopic (exact) mass is 1710 g/mol. The highest BCUT2D eigenvalue weighted by molar-refractivity contribution is 5.80. The van der Waals surface area contributed by atoms with Crippen LogP contribution in [0.15, 0.2) is 5.16 Å². The summed E-state index contributed by atoms with van der Waals surface area (Å²) in [5, 5.41) is 115. The van der Waals surface area contributed by atoms with E-state index in [4.69, 9.17) is 94.8 Å². The van der Waals surface area contributed by atoms with Crippen molar-refractivity contribution in [1.29, 1.82) is 0 Å². The Bertz CT molecular complexity index is 2600. The standard InChI is InChI=1S/C76H135N5O37/c1-50-65(93)68(96)58(40-82)115-71(50)109-35-32-102-29-26-99-20-10-12-54(87)14-22-106-46-75(47-107-23-15-55(88)13-11-21-100-27-30-103-33-36-110-72-51(2)66(94)69(97)59(41-83)116-72,48-108-24-16-61(90)78-18-25-101-28-31-104-34-37-111-73-52(3)67(95)70(98)60(42-84)117-73)81-63(92)43-105-19-9-8-17-77-62(91)44-114-79-39-57-64(80-53(4)86)56(89)38-76(118-57,113-49-85)112-45-74(5,6)7/h39,49-52,56-60,64-73,82-84,89,93-98H,8-38,40-48H2,1-7H3,(H,77,91)(H,78,90)(H,80,86)(H,81,92)/t50-,51-,52-,56?,57?,58?,59?,60?,64+,65?,66?,67?,68-,69-,70-,71+,72+,73+,75?,76+/m1/s1. The molecule has 0 bridgehead atoms. The van der Waals surface area contributed by atoms with Gasteiger partial charge in [-0.25, -0.2) is 0 Å². The van der Waals surface area contributed by atoms with Crippen molar-refractivity contribution >= 4 is 47.9 Å². The molecule has 0 aromatic carbocycles. The molecule has 0 saturated carbocycles. The molecule has 42 nitrogen and oxygen atoms in total. The van der Waals surface area contributed by atoms with E-state index < -0.39 is 177 Å². The molecule has 0 aromatic rings. The van der Waals surface area contributed by atoms with E-state index in [2.05, 4.69) is 26.4 Å². The highest BCUT2D eigenvalue weighted by Gasteiger charge is 2.51. The molecule has 0 radical (unpaired) electrons. The first kappa shape index (κ1) is 105. The lowest BCUT2D eigenvalue weighted by molar-refractivity contribution is -0.395. The average molecular weight is 1710 g/mol. The van der Waals surface area contributed by atoms with Crippen LogP contribution in [0.3, 0.4) is 0 Å². The molecule has 8 unspecified atom stereocenters. The number of carbonyl (C=O) groups is 7. The number of hydrogen-bond donors (Lipinski definition) is 14. The van der Waals surface area contributed by atoms with E-state index in [0.717, 1.165) is 6.21 Å². The number of oxime groups is 1. The summed E-state index contributed by atoms with van der Waals surface area (Å²) in [6.45, 7) is 11.4. The van der Waals surface area contributed by atoms with Crippen molar-refractivity contribution in [2.75, 3.05) is 198 Å². The molecule has 19 atom stereocenters. The maximum atomic E-state index is 13.9. The third-order valence-corrected chi connectivity index (χ3v) is 18.9. The van der Waals surface area contributed by atoms with Gasteiger partial charge in [-0.2, -0.15) is 0 Å². The number of ether oxygens (including phenoxy) is 19. The molecule has 14 N–H and O–H groups in total. The first-order valence-corrected chi connectivity index (χ1v) is 40.4. The van der Waals surface area contributed by atoms with Crippen LogP contribution in [0.2, 0.25) is 0 Å². The molecule has 0 spiro atoms. The van der Waals surface area contributed by atoms with Crippen molar-refractivity contribution in [3.05, 3.63) is 0 Å². The Morgan fingerprint density at radius 1 is 0.466 bits per heavy atom. The predicted molar refractivity (Wildman–Crippen MR) is 408 cm³/mol. The van der Waals surface area contributed by atoms with Gasteiger partial charge in [-0.1, -0.05) is 46.7 Å². The molecule has 4 aliphatic heterocycles. The topological polar surface area (TPSA) is 567 Å². The summed E-state index contributed by atoms with van der Waals surface area (Å²) in [6, 6.07) is -1.06. The average Bonchev–Trinajstić information content (AvgIpc) is 0.784. The minimum atomic E-state index is -2.02. The molecular formula is C76H135N5O37. The van der Waals surface area contributed by atoms with E-state index >= 15 is 0 Å². The fourth-order valence-corrected chi connectivity index (χ4v) is 12.2. The van der Waals surface area contributed by atoms with Crippen LogP contribution in [0.1, 0.15) is 113 Å². The first-order chi connectivity index (χ1) is 56.5. The number of aliphatic hydroxyl groups is 10. The van der Waals surface area contributed by atoms with Crippen LogP contribution in [0.4, 0.5) is 0 Å². The molecule has 4 saturated heterocycles. The zero-order chi connectivity index (χ0) is 86.7. The molecule has 0 aliphatic carbocycles. The summed E-state index contributed by atoms with van der Waals surface area (Å²) in [6.07, 6.45) is -12.9.